The van der Waals surface area contributed by atoms with Crippen LogP contribution in [-0.2, 0) is 25.3 Å². The lowest BCUT2D eigenvalue weighted by molar-refractivity contribution is -0.140. The Morgan fingerprint density at radius 1 is 1.13 bits per heavy atom. The minimum Gasteiger partial charge on any atom is -0.489 e. The van der Waals surface area contributed by atoms with Gasteiger partial charge >= 0.3 is 13.1 Å². The number of hydrogen-bond donors (Lipinski definition) is 1. The molecule has 0 bridgehead atoms. The number of methoxy groups -OCH3 is 1. The number of anilines is 1. The minimum absolute atomic E-state index is 0.0239. The van der Waals surface area contributed by atoms with Gasteiger partial charge in [-0.2, -0.15) is 0 Å². The van der Waals surface area contributed by atoms with E-state index in [-0.39, 0.29) is 30.3 Å². The van der Waals surface area contributed by atoms with Gasteiger partial charge < -0.3 is 24.1 Å². The number of hydrogen-bond acceptors (Lipinski definition) is 6. The van der Waals surface area contributed by atoms with E-state index in [1.807, 2.05) is 30.3 Å². The lowest BCUT2D eigenvalue weighted by atomic mass is 9.78. The summed E-state index contributed by atoms with van der Waals surface area (Å²) in [5.74, 6) is 0.597. The molecule has 4 rings (SSSR count). The lowest BCUT2D eigenvalue weighted by Crippen LogP contribution is -2.41. The van der Waals surface area contributed by atoms with Crippen LogP contribution in [0.2, 0.25) is 0 Å². The van der Waals surface area contributed by atoms with E-state index in [9.17, 15) is 4.79 Å². The predicted octanol–water partition coefficient (Wildman–Crippen LogP) is 3.64. The van der Waals surface area contributed by atoms with Crippen LogP contribution >= 0.6 is 0 Å². The minimum atomic E-state index is -0.390. The van der Waals surface area contributed by atoms with Crippen LogP contribution in [-0.4, -0.2) is 38.0 Å². The standard InChI is InChI=1S/C24H30BNO5/c1-23(2)24(3,4)31-25(30-23)18-8-6-7-17(14-18)20-15-29-21-13-16(9-11-19(21)26-20)10-12-22(27)28-5/h6-9,11,13-14,20,26H,10,12,15H2,1-5H3. The Balaban J connectivity index is 1.47. The summed E-state index contributed by atoms with van der Waals surface area (Å²) in [6, 6.07) is 14.3. The molecule has 1 fully saturated rings. The molecule has 1 atom stereocenters. The number of esters is 1. The van der Waals surface area contributed by atoms with Crippen molar-refractivity contribution < 1.29 is 23.6 Å². The first-order valence-electron chi connectivity index (χ1n) is 10.7. The van der Waals surface area contributed by atoms with Gasteiger partial charge in [-0.3, -0.25) is 4.79 Å². The van der Waals surface area contributed by atoms with E-state index < -0.39 is 0 Å². The number of carbonyl (C=O) groups excluding carboxylic acids is 1. The van der Waals surface area contributed by atoms with Gasteiger partial charge in [-0.1, -0.05) is 30.3 Å². The Morgan fingerprint density at radius 2 is 1.87 bits per heavy atom. The molecule has 6 nitrogen and oxygen atoms in total. The van der Waals surface area contributed by atoms with Crippen LogP contribution in [0.15, 0.2) is 42.5 Å². The lowest BCUT2D eigenvalue weighted by Gasteiger charge is -2.32. The van der Waals surface area contributed by atoms with Crippen molar-refractivity contribution in [2.45, 2.75) is 57.8 Å². The first kappa shape index (κ1) is 21.7. The Bertz CT molecular complexity index is 958. The smallest absolute Gasteiger partial charge is 0.489 e. The first-order valence-corrected chi connectivity index (χ1v) is 10.7. The Morgan fingerprint density at radius 3 is 2.58 bits per heavy atom. The van der Waals surface area contributed by atoms with E-state index in [0.29, 0.717) is 19.4 Å². The summed E-state index contributed by atoms with van der Waals surface area (Å²) in [5, 5.41) is 3.57. The molecule has 31 heavy (non-hydrogen) atoms. The second-order valence-electron chi connectivity index (χ2n) is 9.17. The highest BCUT2D eigenvalue weighted by Gasteiger charge is 2.51. The zero-order valence-corrected chi connectivity index (χ0v) is 18.9. The molecule has 0 saturated carbocycles. The van der Waals surface area contributed by atoms with E-state index in [1.165, 1.54) is 7.11 Å². The summed E-state index contributed by atoms with van der Waals surface area (Å²) >= 11 is 0. The zero-order valence-electron chi connectivity index (χ0n) is 18.9. The number of fused-ring (bicyclic) bond motifs is 1. The summed E-state index contributed by atoms with van der Waals surface area (Å²) in [6.07, 6.45) is 0.986. The normalized spacial score (nSPS) is 21.1. The van der Waals surface area contributed by atoms with Gasteiger partial charge in [0, 0.05) is 6.42 Å². The van der Waals surface area contributed by atoms with Crippen LogP contribution in [0.25, 0.3) is 0 Å². The molecule has 2 heterocycles. The first-order chi connectivity index (χ1) is 14.7. The number of nitrogens with one attached hydrogen (secondary N) is 1. The van der Waals surface area contributed by atoms with E-state index in [2.05, 4.69) is 45.1 Å². The quantitative estimate of drug-likeness (QED) is 0.585. The fourth-order valence-corrected chi connectivity index (χ4v) is 3.79. The van der Waals surface area contributed by atoms with Crippen LogP contribution in [0.5, 0.6) is 5.75 Å². The maximum Gasteiger partial charge on any atom is 0.494 e. The average Bonchev–Trinajstić information content (AvgIpc) is 2.98. The number of ether oxygens (including phenoxy) is 2. The van der Waals surface area contributed by atoms with Crippen LogP contribution in [0.4, 0.5) is 5.69 Å². The third-order valence-electron chi connectivity index (χ3n) is 6.47. The molecule has 1 unspecified atom stereocenters. The molecule has 2 aliphatic rings. The van der Waals surface area contributed by atoms with Crippen molar-refractivity contribution in [1.29, 1.82) is 0 Å². The third kappa shape index (κ3) is 4.43. The molecular weight excluding hydrogens is 393 g/mol. The van der Waals surface area contributed by atoms with Gasteiger partial charge in [-0.15, -0.1) is 0 Å². The van der Waals surface area contributed by atoms with Gasteiger partial charge in [0.05, 0.1) is 30.0 Å². The summed E-state index contributed by atoms with van der Waals surface area (Å²) in [4.78, 5) is 11.4. The van der Waals surface area contributed by atoms with Gasteiger partial charge in [0.25, 0.3) is 0 Å². The van der Waals surface area contributed by atoms with E-state index in [4.69, 9.17) is 18.8 Å². The van der Waals surface area contributed by atoms with E-state index in [0.717, 1.165) is 28.0 Å². The summed E-state index contributed by atoms with van der Waals surface area (Å²) in [7, 11) is 1.02. The van der Waals surface area contributed by atoms with Gasteiger partial charge in [0.2, 0.25) is 0 Å². The second-order valence-corrected chi connectivity index (χ2v) is 9.17. The van der Waals surface area contributed by atoms with Gasteiger partial charge in [-0.05, 0) is 62.8 Å². The van der Waals surface area contributed by atoms with Crippen LogP contribution in [0.1, 0.15) is 51.3 Å². The fraction of sp³-hybridized carbons (Fsp3) is 0.458. The number of aryl methyl sites for hydroxylation is 1. The van der Waals surface area contributed by atoms with Crippen LogP contribution < -0.4 is 15.5 Å². The molecular formula is C24H30BNO5. The zero-order chi connectivity index (χ0) is 22.2. The Kier molecular flexibility index (Phi) is 5.75. The van der Waals surface area contributed by atoms with Crippen molar-refractivity contribution >= 4 is 24.2 Å². The Labute approximate surface area is 184 Å². The second kappa shape index (κ2) is 8.21. The summed E-state index contributed by atoms with van der Waals surface area (Å²) < 4.78 is 23.2. The third-order valence-corrected chi connectivity index (χ3v) is 6.47. The van der Waals surface area contributed by atoms with Gasteiger partial charge in [0.1, 0.15) is 12.4 Å². The molecule has 0 spiro atoms. The number of carbonyl (C=O) groups is 1. The average molecular weight is 423 g/mol. The van der Waals surface area contributed by atoms with Gasteiger partial charge in [0.15, 0.2) is 0 Å². The van der Waals surface area contributed by atoms with Crippen molar-refractivity contribution in [2.75, 3.05) is 19.0 Å². The molecule has 1 N–H and O–H groups in total. The number of benzene rings is 2. The van der Waals surface area contributed by atoms with Crippen molar-refractivity contribution in [1.82, 2.24) is 0 Å². The highest BCUT2D eigenvalue weighted by Crippen LogP contribution is 2.37. The van der Waals surface area contributed by atoms with Crippen molar-refractivity contribution in [2.24, 2.45) is 0 Å². The molecule has 0 radical (unpaired) electrons. The monoisotopic (exact) mass is 423 g/mol. The summed E-state index contributed by atoms with van der Waals surface area (Å²) in [6.45, 7) is 8.75. The molecule has 2 aromatic carbocycles. The molecule has 0 aromatic heterocycles. The summed E-state index contributed by atoms with van der Waals surface area (Å²) in [5.41, 5.74) is 3.37. The van der Waals surface area contributed by atoms with Crippen molar-refractivity contribution in [3.05, 3.63) is 53.6 Å². The van der Waals surface area contributed by atoms with E-state index >= 15 is 0 Å². The number of rotatable bonds is 5. The largest absolute Gasteiger partial charge is 0.494 e. The Hall–Kier alpha value is -2.51. The topological polar surface area (TPSA) is 66.0 Å². The maximum atomic E-state index is 11.4. The molecule has 164 valence electrons. The molecule has 2 aromatic rings. The highest BCUT2D eigenvalue weighted by atomic mass is 16.7. The predicted molar refractivity (Wildman–Crippen MR) is 121 cm³/mol. The van der Waals surface area contributed by atoms with Crippen LogP contribution in [0, 0.1) is 0 Å². The van der Waals surface area contributed by atoms with Gasteiger partial charge in [-0.25, -0.2) is 0 Å². The maximum absolute atomic E-state index is 11.4. The van der Waals surface area contributed by atoms with E-state index in [1.54, 1.807) is 0 Å². The molecule has 2 aliphatic heterocycles. The fourth-order valence-electron chi connectivity index (χ4n) is 3.79. The molecule has 7 heteroatoms. The SMILES string of the molecule is COC(=O)CCc1ccc2c(c1)OCC(c1cccc(B3OC(C)(C)C(C)(C)O3)c1)N2. The van der Waals surface area contributed by atoms with Crippen LogP contribution in [0.3, 0.4) is 0 Å². The van der Waals surface area contributed by atoms with Crippen molar-refractivity contribution in [3.8, 4) is 5.75 Å². The molecule has 0 aliphatic carbocycles. The molecule has 1 saturated heterocycles. The van der Waals surface area contributed by atoms with Crippen molar-refractivity contribution in [3.63, 3.8) is 0 Å². The highest BCUT2D eigenvalue weighted by molar-refractivity contribution is 6.62. The molecule has 0 amide bonds.